The predicted molar refractivity (Wildman–Crippen MR) is 64.9 cm³/mol. The average Bonchev–Trinajstić information content (AvgIpc) is 2.23. The minimum atomic E-state index is -3.98. The lowest BCUT2D eigenvalue weighted by molar-refractivity contribution is -0.137. The maximum absolute atomic E-state index is 12.0. The lowest BCUT2D eigenvalue weighted by atomic mass is 10.3. The van der Waals surface area contributed by atoms with Crippen LogP contribution in [0.1, 0.15) is 19.8 Å². The molecule has 3 N–H and O–H groups in total. The van der Waals surface area contributed by atoms with Crippen LogP contribution in [0.25, 0.3) is 0 Å². The van der Waals surface area contributed by atoms with E-state index in [1.165, 1.54) is 7.05 Å². The van der Waals surface area contributed by atoms with Crippen molar-refractivity contribution in [2.24, 2.45) is 5.73 Å². The second-order valence-corrected chi connectivity index (χ2v) is 5.85. The summed E-state index contributed by atoms with van der Waals surface area (Å²) in [7, 11) is -2.64. The van der Waals surface area contributed by atoms with Crippen LogP contribution in [0.2, 0.25) is 0 Å². The van der Waals surface area contributed by atoms with E-state index in [9.17, 15) is 18.0 Å². The molecule has 0 heterocycles. The van der Waals surface area contributed by atoms with Crippen LogP contribution in [0.3, 0.4) is 0 Å². The zero-order valence-electron chi connectivity index (χ0n) is 10.5. The molecule has 18 heavy (non-hydrogen) atoms. The van der Waals surface area contributed by atoms with Gasteiger partial charge in [0.1, 0.15) is 6.54 Å². The van der Waals surface area contributed by atoms with Gasteiger partial charge in [0.15, 0.2) is 0 Å². The Kier molecular flexibility index (Phi) is 6.81. The lowest BCUT2D eigenvalue weighted by Crippen LogP contribution is -2.47. The molecule has 0 aliphatic rings. The molecule has 0 spiro atoms. The number of nitrogens with two attached hydrogens (primary N) is 1. The van der Waals surface area contributed by atoms with Crippen LogP contribution in [0.5, 0.6) is 0 Å². The Bertz CT molecular complexity index is 379. The molecule has 0 aromatic heterocycles. The van der Waals surface area contributed by atoms with Gasteiger partial charge >= 0.3 is 5.97 Å². The first-order valence-electron chi connectivity index (χ1n) is 5.43. The number of carboxylic acids is 1. The van der Waals surface area contributed by atoms with Crippen molar-refractivity contribution in [3.63, 3.8) is 0 Å². The van der Waals surface area contributed by atoms with Gasteiger partial charge in [-0.3, -0.25) is 9.59 Å². The summed E-state index contributed by atoms with van der Waals surface area (Å²) in [5.41, 5.74) is 4.91. The van der Waals surface area contributed by atoms with Crippen molar-refractivity contribution >= 4 is 22.1 Å². The fourth-order valence-electron chi connectivity index (χ4n) is 1.24. The van der Waals surface area contributed by atoms with Gasteiger partial charge in [-0.25, -0.2) is 0 Å². The Labute approximate surface area is 107 Å². The van der Waals surface area contributed by atoms with E-state index in [4.69, 9.17) is 10.8 Å². The Hall–Kier alpha value is -1.19. The largest absolute Gasteiger partial charge is 0.480 e. The molecule has 106 valence electrons. The van der Waals surface area contributed by atoms with Gasteiger partial charge in [0.2, 0.25) is 5.91 Å². The number of amides is 1. The van der Waals surface area contributed by atoms with Crippen molar-refractivity contribution in [2.45, 2.75) is 19.8 Å². The Morgan fingerprint density at radius 3 is 2.22 bits per heavy atom. The van der Waals surface area contributed by atoms with Crippen LogP contribution >= 0.6 is 0 Å². The average molecular weight is 281 g/mol. The smallest absolute Gasteiger partial charge is 0.318 e. The second kappa shape index (κ2) is 7.29. The van der Waals surface area contributed by atoms with Gasteiger partial charge < -0.3 is 10.8 Å². The van der Waals surface area contributed by atoms with E-state index in [0.717, 1.165) is 10.7 Å². The number of primary amides is 1. The predicted octanol–water partition coefficient (Wildman–Crippen LogP) is -1.16. The highest BCUT2D eigenvalue weighted by Crippen LogP contribution is 2.07. The summed E-state index contributed by atoms with van der Waals surface area (Å²) in [6.45, 7) is 0.722. The quantitative estimate of drug-likeness (QED) is 0.552. The lowest BCUT2D eigenvalue weighted by Gasteiger charge is -2.25. The zero-order valence-corrected chi connectivity index (χ0v) is 11.3. The van der Waals surface area contributed by atoms with Crippen molar-refractivity contribution in [1.29, 1.82) is 0 Å². The molecular formula is C9H19N3O5S. The molecule has 0 aliphatic carbocycles. The molecule has 0 radical (unpaired) electrons. The molecule has 0 saturated carbocycles. The van der Waals surface area contributed by atoms with Gasteiger partial charge in [0.25, 0.3) is 10.2 Å². The van der Waals surface area contributed by atoms with Crippen molar-refractivity contribution in [3.8, 4) is 0 Å². The summed E-state index contributed by atoms with van der Waals surface area (Å²) in [5.74, 6) is -2.24. The monoisotopic (exact) mass is 281 g/mol. The van der Waals surface area contributed by atoms with E-state index in [1.54, 1.807) is 0 Å². The number of unbranched alkanes of at least 4 members (excludes halogenated alkanes) is 1. The summed E-state index contributed by atoms with van der Waals surface area (Å²) >= 11 is 0. The van der Waals surface area contributed by atoms with Crippen molar-refractivity contribution in [3.05, 3.63) is 0 Å². The molecule has 8 nitrogen and oxygen atoms in total. The number of hydrogen-bond donors (Lipinski definition) is 2. The van der Waals surface area contributed by atoms with E-state index in [2.05, 4.69) is 0 Å². The Morgan fingerprint density at radius 1 is 1.28 bits per heavy atom. The summed E-state index contributed by atoms with van der Waals surface area (Å²) in [5, 5.41) is 8.64. The first-order chi connectivity index (χ1) is 8.21. The van der Waals surface area contributed by atoms with E-state index in [0.29, 0.717) is 10.7 Å². The first kappa shape index (κ1) is 16.8. The minimum Gasteiger partial charge on any atom is -0.480 e. The van der Waals surface area contributed by atoms with Gasteiger partial charge in [-0.2, -0.15) is 17.0 Å². The number of aliphatic carboxylic acids is 1. The highest BCUT2D eigenvalue weighted by atomic mass is 32.2. The van der Waals surface area contributed by atoms with Gasteiger partial charge in [0.05, 0.1) is 6.54 Å². The molecule has 0 aliphatic heterocycles. The Morgan fingerprint density at radius 2 is 1.83 bits per heavy atom. The summed E-state index contributed by atoms with van der Waals surface area (Å²) in [4.78, 5) is 21.4. The van der Waals surface area contributed by atoms with Crippen molar-refractivity contribution in [1.82, 2.24) is 8.61 Å². The standard InChI is InChI=1S/C9H19N3O5S/c1-3-4-5-11(2)18(16,17)12(6-8(10)13)7-9(14)15/h3-7H2,1-2H3,(H2,10,13)(H,14,15). The van der Waals surface area contributed by atoms with E-state index in [1.807, 2.05) is 6.92 Å². The fourth-order valence-corrected chi connectivity index (χ4v) is 2.56. The van der Waals surface area contributed by atoms with Gasteiger partial charge in [0, 0.05) is 13.6 Å². The minimum absolute atomic E-state index is 0.258. The number of rotatable bonds is 9. The van der Waals surface area contributed by atoms with Crippen LogP contribution in [-0.4, -0.2) is 60.7 Å². The van der Waals surface area contributed by atoms with Crippen LogP contribution in [0.15, 0.2) is 0 Å². The molecule has 0 atom stereocenters. The molecule has 1 amide bonds. The van der Waals surface area contributed by atoms with Crippen LogP contribution in [-0.2, 0) is 19.8 Å². The van der Waals surface area contributed by atoms with E-state index >= 15 is 0 Å². The molecular weight excluding hydrogens is 262 g/mol. The van der Waals surface area contributed by atoms with Gasteiger partial charge in [-0.05, 0) is 6.42 Å². The fraction of sp³-hybridized carbons (Fsp3) is 0.778. The SMILES string of the molecule is CCCCN(C)S(=O)(=O)N(CC(N)=O)CC(=O)O. The van der Waals surface area contributed by atoms with Crippen molar-refractivity contribution in [2.75, 3.05) is 26.7 Å². The second-order valence-electron chi connectivity index (χ2n) is 3.81. The highest BCUT2D eigenvalue weighted by molar-refractivity contribution is 7.86. The first-order valence-corrected chi connectivity index (χ1v) is 6.83. The summed E-state index contributed by atoms with van der Waals surface area (Å²) < 4.78 is 25.5. The summed E-state index contributed by atoms with van der Waals surface area (Å²) in [6, 6.07) is 0. The molecule has 9 heteroatoms. The number of carbonyl (C=O) groups is 2. The topological polar surface area (TPSA) is 121 Å². The normalized spacial score (nSPS) is 12.0. The van der Waals surface area contributed by atoms with Gasteiger partial charge in [-0.1, -0.05) is 13.3 Å². The molecule has 0 rings (SSSR count). The van der Waals surface area contributed by atoms with Crippen LogP contribution < -0.4 is 5.73 Å². The molecule has 0 saturated heterocycles. The maximum atomic E-state index is 12.0. The molecule has 0 aromatic carbocycles. The number of nitrogens with zero attached hydrogens (tertiary/aromatic N) is 2. The molecule has 0 aromatic rings. The maximum Gasteiger partial charge on any atom is 0.318 e. The van der Waals surface area contributed by atoms with Gasteiger partial charge in [-0.15, -0.1) is 0 Å². The zero-order chi connectivity index (χ0) is 14.3. The van der Waals surface area contributed by atoms with Crippen LogP contribution in [0, 0.1) is 0 Å². The third-order valence-corrected chi connectivity index (χ3v) is 4.07. The Balaban J connectivity index is 4.94. The number of hydrogen-bond acceptors (Lipinski definition) is 4. The third kappa shape index (κ3) is 5.43. The van der Waals surface area contributed by atoms with E-state index in [-0.39, 0.29) is 6.54 Å². The number of carboxylic acid groups (broad SMARTS) is 1. The summed E-state index contributed by atoms with van der Waals surface area (Å²) in [6.07, 6.45) is 1.45. The van der Waals surface area contributed by atoms with Crippen molar-refractivity contribution < 1.29 is 23.1 Å². The molecule has 0 fully saturated rings. The van der Waals surface area contributed by atoms with E-state index < -0.39 is 35.2 Å². The van der Waals surface area contributed by atoms with Crippen LogP contribution in [0.4, 0.5) is 0 Å². The third-order valence-electron chi connectivity index (χ3n) is 2.19. The number of carbonyl (C=O) groups excluding carboxylic acids is 1. The highest BCUT2D eigenvalue weighted by Gasteiger charge is 2.29. The molecule has 0 unspecified atom stereocenters. The molecule has 0 bridgehead atoms.